The van der Waals surface area contributed by atoms with Crippen molar-refractivity contribution in [2.45, 2.75) is 60.2 Å². The first-order chi connectivity index (χ1) is 26.0. The minimum atomic E-state index is -3.71. The van der Waals surface area contributed by atoms with Gasteiger partial charge in [-0.1, -0.05) is 18.6 Å². The summed E-state index contributed by atoms with van der Waals surface area (Å²) in [6.07, 6.45) is 6.89. The zero-order chi connectivity index (χ0) is 38.0. The topological polar surface area (TPSA) is 90.5 Å². The fraction of sp³-hybridized carbons (Fsp3) is 0.535. The Labute approximate surface area is 320 Å². The number of anilines is 1. The van der Waals surface area contributed by atoms with E-state index in [9.17, 15) is 18.0 Å². The number of hydrogen-bond donors (Lipinski definition) is 0. The summed E-state index contributed by atoms with van der Waals surface area (Å²) in [4.78, 5) is 34.2. The van der Waals surface area contributed by atoms with Gasteiger partial charge in [-0.15, -0.1) is 0 Å². The van der Waals surface area contributed by atoms with Gasteiger partial charge in [0.1, 0.15) is 5.82 Å². The third-order valence-corrected chi connectivity index (χ3v) is 14.7. The van der Waals surface area contributed by atoms with Gasteiger partial charge in [-0.2, -0.15) is 0 Å². The zero-order valence-corrected chi connectivity index (χ0v) is 32.8. The Kier molecular flexibility index (Phi) is 11.5. The lowest BCUT2D eigenvalue weighted by Gasteiger charge is -2.54. The normalized spacial score (nSPS) is 22.6. The van der Waals surface area contributed by atoms with E-state index in [0.29, 0.717) is 29.7 Å². The van der Waals surface area contributed by atoms with E-state index in [2.05, 4.69) is 20.8 Å². The van der Waals surface area contributed by atoms with Gasteiger partial charge in [-0.3, -0.25) is 9.59 Å². The van der Waals surface area contributed by atoms with Gasteiger partial charge in [-0.25, -0.2) is 12.8 Å². The maximum atomic E-state index is 15.0. The van der Waals surface area contributed by atoms with Gasteiger partial charge >= 0.3 is 5.97 Å². The van der Waals surface area contributed by atoms with E-state index in [-0.39, 0.29) is 38.8 Å². The number of carbonyl (C=O) groups is 2. The van der Waals surface area contributed by atoms with Crippen LogP contribution >= 0.6 is 0 Å². The van der Waals surface area contributed by atoms with Crippen molar-refractivity contribution in [2.24, 2.45) is 23.7 Å². The smallest absolute Gasteiger partial charge is 0.305 e. The standard InChI is InChI=1S/C43H55FN4O5S/c1-45(2)42(50)32-11-15-38(16-12-32)54(51,52)39-17-13-37(14-18-39)48-28-31(29-48)27-46-23-19-34(20-24-46)43(30-47-21-6-22-47,35-8-5-9-36(44)26-35)40-10-4-7-33(40)25-41(49)53-3/h5,8-9,11-18,26,31,33-34,40H,4,6-7,10,19-25,27-30H2,1-3H3/t33-,40+,43+/m1/s1. The molecule has 3 aromatic carbocycles. The number of likely N-dealkylation sites (tertiary alicyclic amines) is 2. The van der Waals surface area contributed by atoms with E-state index in [1.54, 1.807) is 50.5 Å². The molecule has 0 spiro atoms. The molecule has 4 fully saturated rings. The minimum Gasteiger partial charge on any atom is -0.469 e. The Hall–Kier alpha value is -3.80. The number of methoxy groups -OCH3 is 1. The Morgan fingerprint density at radius 2 is 1.52 bits per heavy atom. The number of rotatable bonds is 13. The fourth-order valence-corrected chi connectivity index (χ4v) is 11.2. The fourth-order valence-electron chi connectivity index (χ4n) is 9.93. The highest BCUT2D eigenvalue weighted by atomic mass is 32.2. The summed E-state index contributed by atoms with van der Waals surface area (Å²) in [5.41, 5.74) is 2.35. The lowest BCUT2D eigenvalue weighted by molar-refractivity contribution is -0.142. The summed E-state index contributed by atoms with van der Waals surface area (Å²) in [5, 5.41) is 0. The second-order valence-electron chi connectivity index (χ2n) is 16.3. The van der Waals surface area contributed by atoms with E-state index in [0.717, 1.165) is 95.7 Å². The number of nitrogens with zero attached hydrogens (tertiary/aromatic N) is 4. The lowest BCUT2D eigenvalue weighted by Crippen LogP contribution is -2.58. The van der Waals surface area contributed by atoms with Gasteiger partial charge < -0.3 is 24.3 Å². The number of sulfone groups is 1. The number of halogens is 1. The number of piperidine rings is 1. The van der Waals surface area contributed by atoms with Crippen LogP contribution in [0.25, 0.3) is 0 Å². The molecule has 3 heterocycles. The first kappa shape index (κ1) is 38.5. The molecule has 7 rings (SSSR count). The molecule has 9 nitrogen and oxygen atoms in total. The summed E-state index contributed by atoms with van der Waals surface area (Å²) >= 11 is 0. The highest BCUT2D eigenvalue weighted by Crippen LogP contribution is 2.54. The highest BCUT2D eigenvalue weighted by molar-refractivity contribution is 7.91. The van der Waals surface area contributed by atoms with Crippen molar-refractivity contribution < 1.29 is 27.1 Å². The van der Waals surface area contributed by atoms with E-state index >= 15 is 4.39 Å². The van der Waals surface area contributed by atoms with Crippen molar-refractivity contribution in [1.82, 2.24) is 14.7 Å². The molecule has 11 heteroatoms. The molecule has 3 aliphatic heterocycles. The zero-order valence-electron chi connectivity index (χ0n) is 32.0. The number of benzene rings is 3. The molecule has 290 valence electrons. The molecule has 54 heavy (non-hydrogen) atoms. The van der Waals surface area contributed by atoms with Crippen LogP contribution in [0, 0.1) is 29.5 Å². The summed E-state index contributed by atoms with van der Waals surface area (Å²) in [6, 6.07) is 20.6. The first-order valence-electron chi connectivity index (χ1n) is 19.7. The van der Waals surface area contributed by atoms with Gasteiger partial charge in [-0.05, 0) is 142 Å². The Morgan fingerprint density at radius 3 is 2.11 bits per heavy atom. The van der Waals surface area contributed by atoms with Crippen molar-refractivity contribution in [3.63, 3.8) is 0 Å². The Balaban J connectivity index is 0.985. The predicted molar refractivity (Wildman–Crippen MR) is 208 cm³/mol. The van der Waals surface area contributed by atoms with Gasteiger partial charge in [0.2, 0.25) is 9.84 Å². The summed E-state index contributed by atoms with van der Waals surface area (Å²) in [5.74, 6) is 0.962. The van der Waals surface area contributed by atoms with Crippen molar-refractivity contribution >= 4 is 27.4 Å². The van der Waals surface area contributed by atoms with Gasteiger partial charge in [0.05, 0.1) is 16.9 Å². The number of amides is 1. The lowest BCUT2D eigenvalue weighted by atomic mass is 9.56. The van der Waals surface area contributed by atoms with Crippen molar-refractivity contribution in [2.75, 3.05) is 78.5 Å². The van der Waals surface area contributed by atoms with Crippen LogP contribution in [0.15, 0.2) is 82.6 Å². The quantitative estimate of drug-likeness (QED) is 0.193. The summed E-state index contributed by atoms with van der Waals surface area (Å²) < 4.78 is 46.8. The molecular formula is C43H55FN4O5S. The molecule has 3 aromatic rings. The van der Waals surface area contributed by atoms with Gasteiger partial charge in [0.25, 0.3) is 5.91 Å². The summed E-state index contributed by atoms with van der Waals surface area (Å²) in [6.45, 7) is 7.96. The molecule has 0 radical (unpaired) electrons. The number of carbonyl (C=O) groups excluding carboxylic acids is 2. The third-order valence-electron chi connectivity index (χ3n) is 12.9. The molecule has 3 saturated heterocycles. The van der Waals surface area contributed by atoms with Crippen LogP contribution in [0.3, 0.4) is 0 Å². The van der Waals surface area contributed by atoms with Crippen molar-refractivity contribution in [3.8, 4) is 0 Å². The predicted octanol–water partition coefficient (Wildman–Crippen LogP) is 6.13. The molecule has 0 aromatic heterocycles. The molecule has 0 N–H and O–H groups in total. The van der Waals surface area contributed by atoms with Crippen LogP contribution in [0.4, 0.5) is 10.1 Å². The van der Waals surface area contributed by atoms with Crippen LogP contribution in [-0.2, 0) is 24.8 Å². The number of ether oxygens (including phenoxy) is 1. The van der Waals surface area contributed by atoms with Crippen LogP contribution in [0.5, 0.6) is 0 Å². The second-order valence-corrected chi connectivity index (χ2v) is 18.3. The molecule has 4 aliphatic rings. The number of esters is 1. The monoisotopic (exact) mass is 758 g/mol. The van der Waals surface area contributed by atoms with Crippen molar-refractivity contribution in [3.05, 3.63) is 89.7 Å². The Bertz CT molecular complexity index is 1890. The maximum Gasteiger partial charge on any atom is 0.305 e. The van der Waals surface area contributed by atoms with Gasteiger partial charge in [0, 0.05) is 69.3 Å². The highest BCUT2D eigenvalue weighted by Gasteiger charge is 2.53. The van der Waals surface area contributed by atoms with Gasteiger partial charge in [0.15, 0.2) is 0 Å². The van der Waals surface area contributed by atoms with Crippen LogP contribution in [-0.4, -0.2) is 109 Å². The minimum absolute atomic E-state index is 0.143. The molecule has 1 aliphatic carbocycles. The average molecular weight is 759 g/mol. The molecule has 0 bridgehead atoms. The summed E-state index contributed by atoms with van der Waals surface area (Å²) in [7, 11) is 1.10. The van der Waals surface area contributed by atoms with E-state index in [1.165, 1.54) is 30.6 Å². The molecule has 1 saturated carbocycles. The van der Waals surface area contributed by atoms with Crippen LogP contribution in [0.2, 0.25) is 0 Å². The second kappa shape index (κ2) is 16.1. The SMILES string of the molecule is COC(=O)C[C@H]1CCC[C@@H]1[C@](CN1CCC1)(c1cccc(F)c1)C1CCN(CC2CN(c3ccc(S(=O)(=O)c4ccc(C(=O)N(C)C)cc4)cc3)C2)CC1. The van der Waals surface area contributed by atoms with E-state index in [4.69, 9.17) is 4.74 Å². The van der Waals surface area contributed by atoms with E-state index in [1.807, 2.05) is 18.2 Å². The van der Waals surface area contributed by atoms with Crippen molar-refractivity contribution in [1.29, 1.82) is 0 Å². The average Bonchev–Trinajstić information content (AvgIpc) is 3.61. The van der Waals surface area contributed by atoms with E-state index < -0.39 is 9.84 Å². The van der Waals surface area contributed by atoms with Crippen LogP contribution in [0.1, 0.15) is 60.9 Å². The third kappa shape index (κ3) is 7.82. The van der Waals surface area contributed by atoms with Crippen LogP contribution < -0.4 is 4.90 Å². The maximum absolute atomic E-state index is 15.0. The Morgan fingerprint density at radius 1 is 0.852 bits per heavy atom. The molecule has 1 amide bonds. The molecular weight excluding hydrogens is 704 g/mol. The number of hydrogen-bond acceptors (Lipinski definition) is 8. The first-order valence-corrected chi connectivity index (χ1v) is 21.2. The molecule has 0 unspecified atom stereocenters. The largest absolute Gasteiger partial charge is 0.469 e. The molecule has 3 atom stereocenters.